The standard InChI is InChI=1S/C14H18IN/c15-13-5-2-10(3-6-13)9-16-14-8-11-1-4-12(14)7-11/h2-3,5-6,11-12,14,16H,1,4,7-9H2. The van der Waals surface area contributed by atoms with Crippen LogP contribution in [-0.4, -0.2) is 6.04 Å². The first-order valence-corrected chi connectivity index (χ1v) is 7.37. The molecule has 1 aromatic rings. The van der Waals surface area contributed by atoms with Gasteiger partial charge in [-0.2, -0.15) is 0 Å². The maximum atomic E-state index is 3.75. The smallest absolute Gasteiger partial charge is 0.0208 e. The van der Waals surface area contributed by atoms with Crippen LogP contribution in [0.5, 0.6) is 0 Å². The van der Waals surface area contributed by atoms with Crippen LogP contribution in [0.3, 0.4) is 0 Å². The Bertz CT molecular complexity index is 360. The molecule has 2 aliphatic carbocycles. The van der Waals surface area contributed by atoms with Crippen molar-refractivity contribution in [2.75, 3.05) is 0 Å². The second-order valence-corrected chi connectivity index (χ2v) is 6.53. The highest BCUT2D eigenvalue weighted by Crippen LogP contribution is 2.44. The maximum Gasteiger partial charge on any atom is 0.0208 e. The van der Waals surface area contributed by atoms with Crippen LogP contribution in [0.15, 0.2) is 24.3 Å². The Morgan fingerprint density at radius 1 is 1.12 bits per heavy atom. The number of nitrogens with one attached hydrogen (secondary N) is 1. The molecule has 1 N–H and O–H groups in total. The number of halogens is 1. The molecule has 3 unspecified atom stereocenters. The van der Waals surface area contributed by atoms with Crippen molar-refractivity contribution < 1.29 is 0 Å². The van der Waals surface area contributed by atoms with Gasteiger partial charge in [0.1, 0.15) is 0 Å². The third kappa shape index (κ3) is 2.28. The minimum absolute atomic E-state index is 0.804. The number of rotatable bonds is 3. The van der Waals surface area contributed by atoms with Gasteiger partial charge in [0.2, 0.25) is 0 Å². The van der Waals surface area contributed by atoms with Crippen LogP contribution in [0.2, 0.25) is 0 Å². The summed E-state index contributed by atoms with van der Waals surface area (Å²) in [5.74, 6) is 2.02. The van der Waals surface area contributed by atoms with Crippen LogP contribution in [-0.2, 0) is 6.54 Å². The fourth-order valence-electron chi connectivity index (χ4n) is 3.35. The topological polar surface area (TPSA) is 12.0 Å². The molecule has 0 amide bonds. The van der Waals surface area contributed by atoms with Crippen LogP contribution in [0.4, 0.5) is 0 Å². The highest BCUT2D eigenvalue weighted by Gasteiger charge is 2.38. The van der Waals surface area contributed by atoms with Crippen LogP contribution in [0.1, 0.15) is 31.2 Å². The first-order chi connectivity index (χ1) is 7.81. The fraction of sp³-hybridized carbons (Fsp3) is 0.571. The predicted octanol–water partition coefficient (Wildman–Crippen LogP) is 3.57. The van der Waals surface area contributed by atoms with Crippen molar-refractivity contribution in [3.63, 3.8) is 0 Å². The summed E-state index contributed by atoms with van der Waals surface area (Å²) >= 11 is 2.36. The Labute approximate surface area is 111 Å². The molecular formula is C14H18IN. The average molecular weight is 327 g/mol. The molecule has 2 saturated carbocycles. The summed E-state index contributed by atoms with van der Waals surface area (Å²) in [6.45, 7) is 1.05. The Hall–Kier alpha value is -0.0900. The number of hydrogen-bond donors (Lipinski definition) is 1. The summed E-state index contributed by atoms with van der Waals surface area (Å²) < 4.78 is 1.32. The Morgan fingerprint density at radius 2 is 1.94 bits per heavy atom. The summed E-state index contributed by atoms with van der Waals surface area (Å²) in [5.41, 5.74) is 1.42. The molecule has 3 rings (SSSR count). The van der Waals surface area contributed by atoms with Gasteiger partial charge in [-0.1, -0.05) is 18.6 Å². The van der Waals surface area contributed by atoms with Gasteiger partial charge in [0, 0.05) is 16.2 Å². The Kier molecular flexibility index (Phi) is 3.20. The van der Waals surface area contributed by atoms with Gasteiger partial charge in [0.05, 0.1) is 0 Å². The van der Waals surface area contributed by atoms with Crippen molar-refractivity contribution in [3.8, 4) is 0 Å². The summed E-state index contributed by atoms with van der Waals surface area (Å²) in [4.78, 5) is 0. The zero-order valence-corrected chi connectivity index (χ0v) is 11.6. The zero-order valence-electron chi connectivity index (χ0n) is 9.45. The summed E-state index contributed by atoms with van der Waals surface area (Å²) in [5, 5.41) is 3.75. The van der Waals surface area contributed by atoms with E-state index in [1.165, 1.54) is 34.8 Å². The van der Waals surface area contributed by atoms with Crippen molar-refractivity contribution in [3.05, 3.63) is 33.4 Å². The quantitative estimate of drug-likeness (QED) is 0.837. The van der Waals surface area contributed by atoms with E-state index in [1.807, 2.05) is 0 Å². The van der Waals surface area contributed by atoms with Crippen LogP contribution in [0.25, 0.3) is 0 Å². The van der Waals surface area contributed by atoms with E-state index in [0.29, 0.717) is 0 Å². The van der Waals surface area contributed by atoms with Gasteiger partial charge in [-0.3, -0.25) is 0 Å². The van der Waals surface area contributed by atoms with Gasteiger partial charge in [0.15, 0.2) is 0 Å². The lowest BCUT2D eigenvalue weighted by molar-refractivity contribution is 0.351. The van der Waals surface area contributed by atoms with Crippen LogP contribution >= 0.6 is 22.6 Å². The van der Waals surface area contributed by atoms with Crippen LogP contribution in [0, 0.1) is 15.4 Å². The molecule has 1 nitrogen and oxygen atoms in total. The molecule has 2 bridgehead atoms. The molecule has 2 fully saturated rings. The van der Waals surface area contributed by atoms with Gasteiger partial charge in [-0.05, 0) is 71.4 Å². The van der Waals surface area contributed by atoms with Crippen molar-refractivity contribution in [1.82, 2.24) is 5.32 Å². The lowest BCUT2D eigenvalue weighted by atomic mass is 9.95. The predicted molar refractivity (Wildman–Crippen MR) is 75.2 cm³/mol. The van der Waals surface area contributed by atoms with E-state index in [2.05, 4.69) is 52.2 Å². The van der Waals surface area contributed by atoms with E-state index in [4.69, 9.17) is 0 Å². The monoisotopic (exact) mass is 327 g/mol. The minimum Gasteiger partial charge on any atom is -0.310 e. The van der Waals surface area contributed by atoms with E-state index < -0.39 is 0 Å². The first kappa shape index (κ1) is 11.0. The average Bonchev–Trinajstić information content (AvgIpc) is 2.90. The van der Waals surface area contributed by atoms with Crippen LogP contribution < -0.4 is 5.32 Å². The molecule has 1 aromatic carbocycles. The van der Waals surface area contributed by atoms with Gasteiger partial charge in [-0.25, -0.2) is 0 Å². The maximum absolute atomic E-state index is 3.75. The molecule has 16 heavy (non-hydrogen) atoms. The van der Waals surface area contributed by atoms with E-state index in [1.54, 1.807) is 0 Å². The second kappa shape index (κ2) is 4.65. The van der Waals surface area contributed by atoms with E-state index in [-0.39, 0.29) is 0 Å². The second-order valence-electron chi connectivity index (χ2n) is 5.29. The van der Waals surface area contributed by atoms with Crippen molar-refractivity contribution in [2.24, 2.45) is 11.8 Å². The van der Waals surface area contributed by atoms with Crippen molar-refractivity contribution in [1.29, 1.82) is 0 Å². The molecule has 0 saturated heterocycles. The van der Waals surface area contributed by atoms with Gasteiger partial charge >= 0.3 is 0 Å². The minimum atomic E-state index is 0.804. The molecule has 0 heterocycles. The lowest BCUT2D eigenvalue weighted by Crippen LogP contribution is -2.33. The highest BCUT2D eigenvalue weighted by molar-refractivity contribution is 14.1. The lowest BCUT2D eigenvalue weighted by Gasteiger charge is -2.23. The van der Waals surface area contributed by atoms with Crippen molar-refractivity contribution >= 4 is 22.6 Å². The summed E-state index contributed by atoms with van der Waals surface area (Å²) in [6.07, 6.45) is 5.88. The SMILES string of the molecule is Ic1ccc(CNC2CC3CCC2C3)cc1. The van der Waals surface area contributed by atoms with E-state index in [9.17, 15) is 0 Å². The van der Waals surface area contributed by atoms with E-state index >= 15 is 0 Å². The Morgan fingerprint density at radius 3 is 2.56 bits per heavy atom. The van der Waals surface area contributed by atoms with Gasteiger partial charge in [0.25, 0.3) is 0 Å². The van der Waals surface area contributed by atoms with E-state index in [0.717, 1.165) is 24.4 Å². The number of benzene rings is 1. The molecule has 0 spiro atoms. The summed E-state index contributed by atoms with van der Waals surface area (Å²) in [7, 11) is 0. The van der Waals surface area contributed by atoms with Gasteiger partial charge in [-0.15, -0.1) is 0 Å². The fourth-order valence-corrected chi connectivity index (χ4v) is 3.71. The van der Waals surface area contributed by atoms with Crippen molar-refractivity contribution in [2.45, 2.75) is 38.3 Å². The summed E-state index contributed by atoms with van der Waals surface area (Å²) in [6, 6.07) is 9.67. The zero-order chi connectivity index (χ0) is 11.0. The molecule has 0 aromatic heterocycles. The third-order valence-corrected chi connectivity index (χ3v) is 4.94. The third-order valence-electron chi connectivity index (χ3n) is 4.22. The van der Waals surface area contributed by atoms with Gasteiger partial charge < -0.3 is 5.32 Å². The molecule has 0 radical (unpaired) electrons. The number of fused-ring (bicyclic) bond motifs is 2. The Balaban J connectivity index is 1.55. The number of hydrogen-bond acceptors (Lipinski definition) is 1. The molecule has 2 heteroatoms. The largest absolute Gasteiger partial charge is 0.310 e. The molecule has 2 aliphatic rings. The first-order valence-electron chi connectivity index (χ1n) is 6.29. The molecular weight excluding hydrogens is 309 g/mol. The normalized spacial score (nSPS) is 32.2. The highest BCUT2D eigenvalue weighted by atomic mass is 127. The molecule has 0 aliphatic heterocycles. The molecule has 86 valence electrons. The molecule has 3 atom stereocenters.